The van der Waals surface area contributed by atoms with Crippen molar-refractivity contribution in [2.45, 2.75) is 0 Å². The minimum absolute atomic E-state index is 0.908. The fraction of sp³-hybridized carbons (Fsp3) is 0. The number of hydrogen-bond acceptors (Lipinski definition) is 2. The molecular formula is C46H31NO. The van der Waals surface area contributed by atoms with E-state index in [-0.39, 0.29) is 0 Å². The lowest BCUT2D eigenvalue weighted by molar-refractivity contribution is 0.669. The quantitative estimate of drug-likeness (QED) is 0.185. The van der Waals surface area contributed by atoms with E-state index in [1.165, 1.54) is 38.4 Å². The summed E-state index contributed by atoms with van der Waals surface area (Å²) < 4.78 is 6.39. The zero-order valence-corrected chi connectivity index (χ0v) is 26.3. The molecular weight excluding hydrogens is 583 g/mol. The number of furan rings is 1. The molecule has 1 heterocycles. The fourth-order valence-corrected chi connectivity index (χ4v) is 7.01. The van der Waals surface area contributed by atoms with E-state index < -0.39 is 0 Å². The van der Waals surface area contributed by atoms with E-state index in [4.69, 9.17) is 4.42 Å². The Labute approximate surface area is 279 Å². The van der Waals surface area contributed by atoms with E-state index in [0.29, 0.717) is 0 Å². The molecule has 0 N–H and O–H groups in total. The first-order valence-electron chi connectivity index (χ1n) is 16.4. The van der Waals surface area contributed by atoms with Gasteiger partial charge >= 0.3 is 0 Å². The van der Waals surface area contributed by atoms with Crippen LogP contribution in [0.25, 0.3) is 66.1 Å². The molecule has 0 aliphatic carbocycles. The zero-order valence-electron chi connectivity index (χ0n) is 26.3. The molecule has 1 aromatic heterocycles. The van der Waals surface area contributed by atoms with Crippen LogP contribution in [-0.2, 0) is 0 Å². The molecule has 0 amide bonds. The third kappa shape index (κ3) is 4.83. The summed E-state index contributed by atoms with van der Waals surface area (Å²) in [7, 11) is 0. The smallest absolute Gasteiger partial charge is 0.136 e. The number of hydrogen-bond donors (Lipinski definition) is 0. The molecule has 0 spiro atoms. The summed E-state index contributed by atoms with van der Waals surface area (Å²) in [5.74, 6) is 0. The van der Waals surface area contributed by atoms with Gasteiger partial charge in [0.05, 0.1) is 5.69 Å². The number of nitrogens with zero attached hydrogens (tertiary/aromatic N) is 1. The summed E-state index contributed by atoms with van der Waals surface area (Å²) in [6, 6.07) is 66.8. The Morgan fingerprint density at radius 3 is 1.54 bits per heavy atom. The molecule has 48 heavy (non-hydrogen) atoms. The van der Waals surface area contributed by atoms with Crippen molar-refractivity contribution in [2.75, 3.05) is 4.90 Å². The van der Waals surface area contributed by atoms with Gasteiger partial charge in [0, 0.05) is 27.7 Å². The Balaban J connectivity index is 1.19. The lowest BCUT2D eigenvalue weighted by atomic mass is 9.94. The van der Waals surface area contributed by atoms with E-state index in [9.17, 15) is 0 Å². The maximum atomic E-state index is 6.39. The van der Waals surface area contributed by atoms with Crippen molar-refractivity contribution in [1.29, 1.82) is 0 Å². The maximum absolute atomic E-state index is 6.39. The summed E-state index contributed by atoms with van der Waals surface area (Å²) >= 11 is 0. The number of fused-ring (bicyclic) bond motifs is 5. The number of anilines is 3. The molecule has 0 radical (unpaired) electrons. The van der Waals surface area contributed by atoms with E-state index in [2.05, 4.69) is 181 Å². The first-order valence-corrected chi connectivity index (χ1v) is 16.4. The molecule has 9 aromatic rings. The number of para-hydroxylation sites is 2. The Kier molecular flexibility index (Phi) is 6.84. The highest BCUT2D eigenvalue weighted by atomic mass is 16.3. The summed E-state index contributed by atoms with van der Waals surface area (Å²) in [6.07, 6.45) is 0. The molecule has 0 saturated carbocycles. The van der Waals surface area contributed by atoms with E-state index >= 15 is 0 Å². The molecule has 226 valence electrons. The van der Waals surface area contributed by atoms with Gasteiger partial charge in [0.25, 0.3) is 0 Å². The second-order valence-electron chi connectivity index (χ2n) is 12.1. The Morgan fingerprint density at radius 1 is 0.333 bits per heavy atom. The zero-order chi connectivity index (χ0) is 31.9. The third-order valence-electron chi connectivity index (χ3n) is 9.28. The molecule has 9 rings (SSSR count). The number of benzene rings is 8. The van der Waals surface area contributed by atoms with Gasteiger partial charge in [-0.2, -0.15) is 0 Å². The molecule has 0 saturated heterocycles. The van der Waals surface area contributed by atoms with E-state index in [0.717, 1.165) is 44.7 Å². The summed E-state index contributed by atoms with van der Waals surface area (Å²) in [6.45, 7) is 0. The van der Waals surface area contributed by atoms with Gasteiger partial charge in [-0.05, 0) is 81.1 Å². The predicted octanol–water partition coefficient (Wildman–Crippen LogP) is 13.2. The van der Waals surface area contributed by atoms with Crippen LogP contribution in [0.4, 0.5) is 17.1 Å². The fourth-order valence-electron chi connectivity index (χ4n) is 7.01. The van der Waals surface area contributed by atoms with Crippen LogP contribution in [0.5, 0.6) is 0 Å². The van der Waals surface area contributed by atoms with Gasteiger partial charge in [-0.3, -0.25) is 0 Å². The average Bonchev–Trinajstić information content (AvgIpc) is 3.55. The lowest BCUT2D eigenvalue weighted by Crippen LogP contribution is -2.11. The first kappa shape index (κ1) is 27.9. The number of rotatable bonds is 6. The molecule has 0 atom stereocenters. The highest BCUT2D eigenvalue weighted by Crippen LogP contribution is 2.43. The van der Waals surface area contributed by atoms with Crippen molar-refractivity contribution in [2.24, 2.45) is 0 Å². The summed E-state index contributed by atoms with van der Waals surface area (Å²) in [5, 5.41) is 4.74. The van der Waals surface area contributed by atoms with Crippen LogP contribution in [-0.4, -0.2) is 0 Å². The minimum atomic E-state index is 0.908. The minimum Gasteiger partial charge on any atom is -0.456 e. The highest BCUT2D eigenvalue weighted by molar-refractivity contribution is 6.22. The van der Waals surface area contributed by atoms with Gasteiger partial charge in [-0.25, -0.2) is 0 Å². The molecule has 2 nitrogen and oxygen atoms in total. The van der Waals surface area contributed by atoms with Gasteiger partial charge in [-0.1, -0.05) is 146 Å². The second-order valence-corrected chi connectivity index (χ2v) is 12.1. The van der Waals surface area contributed by atoms with Gasteiger partial charge in [0.15, 0.2) is 0 Å². The van der Waals surface area contributed by atoms with Crippen molar-refractivity contribution in [3.8, 4) is 33.4 Å². The monoisotopic (exact) mass is 613 g/mol. The molecule has 8 aromatic carbocycles. The van der Waals surface area contributed by atoms with E-state index in [1.807, 2.05) is 12.1 Å². The topological polar surface area (TPSA) is 16.4 Å². The molecule has 0 bridgehead atoms. The molecule has 0 fully saturated rings. The van der Waals surface area contributed by atoms with Gasteiger partial charge in [0.1, 0.15) is 11.2 Å². The lowest BCUT2D eigenvalue weighted by Gasteiger charge is -2.28. The Morgan fingerprint density at radius 2 is 0.833 bits per heavy atom. The Bertz CT molecular complexity index is 2530. The molecule has 0 aliphatic heterocycles. The second kappa shape index (κ2) is 11.8. The van der Waals surface area contributed by atoms with Gasteiger partial charge in [0.2, 0.25) is 0 Å². The highest BCUT2D eigenvalue weighted by Gasteiger charge is 2.19. The van der Waals surface area contributed by atoms with Crippen LogP contribution in [0.3, 0.4) is 0 Å². The van der Waals surface area contributed by atoms with Crippen molar-refractivity contribution in [3.05, 3.63) is 188 Å². The molecule has 0 aliphatic rings. The Hall–Kier alpha value is -6.38. The van der Waals surface area contributed by atoms with Crippen LogP contribution in [0.2, 0.25) is 0 Å². The van der Waals surface area contributed by atoms with Gasteiger partial charge in [-0.15, -0.1) is 0 Å². The SMILES string of the molecule is c1ccc(-c2ccc(N(c3ccc(-c4cc5oc6ccccc6c5c5ccccc45)cc3)c3ccccc3-c3ccccc3)cc2)cc1. The average molecular weight is 614 g/mol. The van der Waals surface area contributed by atoms with E-state index in [1.54, 1.807) is 0 Å². The van der Waals surface area contributed by atoms with Crippen LogP contribution >= 0.6 is 0 Å². The van der Waals surface area contributed by atoms with Crippen molar-refractivity contribution >= 4 is 49.8 Å². The standard InChI is InChI=1S/C46H31NO/c1-3-13-32(14-4-1)33-23-27-36(28-24-33)47(43-21-11-9-17-38(43)34-15-5-2-6-16-34)37-29-25-35(26-30-37)42-31-45-46(40-19-8-7-18-39(40)42)41-20-10-12-22-44(41)48-45/h1-31H. The summed E-state index contributed by atoms with van der Waals surface area (Å²) in [4.78, 5) is 2.36. The van der Waals surface area contributed by atoms with Crippen molar-refractivity contribution in [3.63, 3.8) is 0 Å². The van der Waals surface area contributed by atoms with Crippen LogP contribution in [0.15, 0.2) is 192 Å². The largest absolute Gasteiger partial charge is 0.456 e. The van der Waals surface area contributed by atoms with Crippen LogP contribution in [0.1, 0.15) is 0 Å². The maximum Gasteiger partial charge on any atom is 0.136 e. The van der Waals surface area contributed by atoms with Crippen molar-refractivity contribution in [1.82, 2.24) is 0 Å². The first-order chi connectivity index (χ1) is 23.8. The molecule has 2 heteroatoms. The van der Waals surface area contributed by atoms with Crippen LogP contribution in [0, 0.1) is 0 Å². The van der Waals surface area contributed by atoms with Crippen molar-refractivity contribution < 1.29 is 4.42 Å². The molecule has 0 unspecified atom stereocenters. The van der Waals surface area contributed by atoms with Crippen LogP contribution < -0.4 is 4.90 Å². The summed E-state index contributed by atoms with van der Waals surface area (Å²) in [5.41, 5.74) is 12.2. The van der Waals surface area contributed by atoms with Gasteiger partial charge < -0.3 is 9.32 Å². The predicted molar refractivity (Wildman–Crippen MR) is 202 cm³/mol. The third-order valence-corrected chi connectivity index (χ3v) is 9.28. The normalized spacial score (nSPS) is 11.3.